The van der Waals surface area contributed by atoms with Crippen LogP contribution in [-0.4, -0.2) is 24.1 Å². The average molecular weight is 255 g/mol. The first-order chi connectivity index (χ1) is 9.38. The summed E-state index contributed by atoms with van der Waals surface area (Å²) >= 11 is 0. The first-order valence-corrected chi connectivity index (χ1v) is 7.21. The fraction of sp³-hybridized carbons (Fsp3) is 0.438. The minimum atomic E-state index is 0.622. The number of anilines is 1. The van der Waals surface area contributed by atoms with E-state index in [0.717, 1.165) is 30.8 Å². The van der Waals surface area contributed by atoms with E-state index in [4.69, 9.17) is 10.7 Å². The van der Waals surface area contributed by atoms with Crippen LogP contribution in [0, 0.1) is 0 Å². The van der Waals surface area contributed by atoms with Crippen molar-refractivity contribution in [3.63, 3.8) is 0 Å². The number of hydrogen-bond acceptors (Lipinski definition) is 3. The van der Waals surface area contributed by atoms with Crippen LogP contribution in [0.15, 0.2) is 36.4 Å². The number of hydrogen-bond donors (Lipinski definition) is 1. The van der Waals surface area contributed by atoms with E-state index in [0.29, 0.717) is 6.04 Å². The van der Waals surface area contributed by atoms with Gasteiger partial charge in [0, 0.05) is 18.0 Å². The Morgan fingerprint density at radius 2 is 2.11 bits per heavy atom. The molecule has 0 spiro atoms. The van der Waals surface area contributed by atoms with Crippen LogP contribution in [0.3, 0.4) is 0 Å². The van der Waals surface area contributed by atoms with E-state index >= 15 is 0 Å². The van der Waals surface area contributed by atoms with Crippen LogP contribution in [0.5, 0.6) is 0 Å². The topological polar surface area (TPSA) is 42.1 Å². The normalized spacial score (nSPS) is 19.2. The summed E-state index contributed by atoms with van der Waals surface area (Å²) in [6.45, 7) is 1.91. The van der Waals surface area contributed by atoms with Gasteiger partial charge in [-0.25, -0.2) is 4.98 Å². The molecule has 0 bridgehead atoms. The fourth-order valence-corrected chi connectivity index (χ4v) is 3.01. The monoisotopic (exact) mass is 255 g/mol. The molecule has 0 radical (unpaired) electrons. The summed E-state index contributed by atoms with van der Waals surface area (Å²) in [4.78, 5) is 7.27. The SMILES string of the molecule is NCCCC1CCCN1c1ccc2ccccc2n1. The van der Waals surface area contributed by atoms with Crippen molar-refractivity contribution in [3.05, 3.63) is 36.4 Å². The van der Waals surface area contributed by atoms with Crippen molar-refractivity contribution in [2.75, 3.05) is 18.0 Å². The van der Waals surface area contributed by atoms with Gasteiger partial charge in [0.1, 0.15) is 5.82 Å². The molecule has 1 atom stereocenters. The predicted molar refractivity (Wildman–Crippen MR) is 80.4 cm³/mol. The third-order valence-corrected chi connectivity index (χ3v) is 4.00. The van der Waals surface area contributed by atoms with Crippen LogP contribution in [0.25, 0.3) is 10.9 Å². The summed E-state index contributed by atoms with van der Waals surface area (Å²) in [5.41, 5.74) is 6.72. The van der Waals surface area contributed by atoms with Gasteiger partial charge in [-0.15, -0.1) is 0 Å². The molecule has 1 aromatic heterocycles. The summed E-state index contributed by atoms with van der Waals surface area (Å²) in [5.74, 6) is 1.12. The number of fused-ring (bicyclic) bond motifs is 1. The lowest BCUT2D eigenvalue weighted by Gasteiger charge is -2.26. The Hall–Kier alpha value is -1.61. The highest BCUT2D eigenvalue weighted by Gasteiger charge is 2.24. The molecule has 1 aliphatic rings. The van der Waals surface area contributed by atoms with Crippen molar-refractivity contribution < 1.29 is 0 Å². The number of nitrogens with two attached hydrogens (primary N) is 1. The summed E-state index contributed by atoms with van der Waals surface area (Å²) < 4.78 is 0. The molecule has 3 heteroatoms. The van der Waals surface area contributed by atoms with Crippen molar-refractivity contribution in [3.8, 4) is 0 Å². The molecular weight excluding hydrogens is 234 g/mol. The van der Waals surface area contributed by atoms with Gasteiger partial charge in [0.25, 0.3) is 0 Å². The summed E-state index contributed by atoms with van der Waals surface area (Å²) in [5, 5.41) is 1.21. The maximum atomic E-state index is 5.63. The summed E-state index contributed by atoms with van der Waals surface area (Å²) in [6.07, 6.45) is 4.83. The summed E-state index contributed by atoms with van der Waals surface area (Å²) in [6, 6.07) is 13.3. The molecule has 1 saturated heterocycles. The quantitative estimate of drug-likeness (QED) is 0.913. The minimum absolute atomic E-state index is 0.622. The van der Waals surface area contributed by atoms with Crippen LogP contribution in [-0.2, 0) is 0 Å². The second-order valence-electron chi connectivity index (χ2n) is 5.28. The van der Waals surface area contributed by atoms with Crippen molar-refractivity contribution in [2.24, 2.45) is 5.73 Å². The fourth-order valence-electron chi connectivity index (χ4n) is 3.01. The lowest BCUT2D eigenvalue weighted by molar-refractivity contribution is 0.582. The zero-order chi connectivity index (χ0) is 13.1. The number of nitrogens with zero attached hydrogens (tertiary/aromatic N) is 2. The second-order valence-corrected chi connectivity index (χ2v) is 5.28. The zero-order valence-electron chi connectivity index (χ0n) is 11.3. The van der Waals surface area contributed by atoms with Gasteiger partial charge in [-0.2, -0.15) is 0 Å². The van der Waals surface area contributed by atoms with E-state index in [1.54, 1.807) is 0 Å². The second kappa shape index (κ2) is 5.57. The van der Waals surface area contributed by atoms with Crippen molar-refractivity contribution in [1.29, 1.82) is 0 Å². The molecule has 3 nitrogen and oxygen atoms in total. The summed E-state index contributed by atoms with van der Waals surface area (Å²) in [7, 11) is 0. The molecule has 0 amide bonds. The van der Waals surface area contributed by atoms with Crippen LogP contribution >= 0.6 is 0 Å². The van der Waals surface area contributed by atoms with Gasteiger partial charge in [0.05, 0.1) is 5.52 Å². The van der Waals surface area contributed by atoms with Gasteiger partial charge >= 0.3 is 0 Å². The number of pyridine rings is 1. The van der Waals surface area contributed by atoms with Crippen molar-refractivity contribution in [1.82, 2.24) is 4.98 Å². The minimum Gasteiger partial charge on any atom is -0.354 e. The van der Waals surface area contributed by atoms with Crippen LogP contribution in [0.4, 0.5) is 5.82 Å². The highest BCUT2D eigenvalue weighted by atomic mass is 15.2. The van der Waals surface area contributed by atoms with Crippen LogP contribution in [0.1, 0.15) is 25.7 Å². The Bertz CT molecular complexity index is 552. The average Bonchev–Trinajstić information content (AvgIpc) is 2.93. The molecule has 3 rings (SSSR count). The van der Waals surface area contributed by atoms with Gasteiger partial charge < -0.3 is 10.6 Å². The smallest absolute Gasteiger partial charge is 0.129 e. The molecule has 0 saturated carbocycles. The standard InChI is InChI=1S/C16H21N3/c17-11-3-6-14-7-4-12-19(14)16-10-9-13-5-1-2-8-15(13)18-16/h1-2,5,8-10,14H,3-4,6-7,11-12,17H2. The number of benzene rings is 1. The van der Waals surface area contributed by atoms with Gasteiger partial charge in [-0.3, -0.25) is 0 Å². The van der Waals surface area contributed by atoms with Crippen molar-refractivity contribution >= 4 is 16.7 Å². The lowest BCUT2D eigenvalue weighted by Crippen LogP contribution is -2.30. The predicted octanol–water partition coefficient (Wildman–Crippen LogP) is 2.94. The molecule has 1 aromatic carbocycles. The third-order valence-electron chi connectivity index (χ3n) is 4.00. The highest BCUT2D eigenvalue weighted by Crippen LogP contribution is 2.27. The Labute approximate surface area is 114 Å². The number of para-hydroxylation sites is 1. The van der Waals surface area contributed by atoms with Crippen LogP contribution < -0.4 is 10.6 Å². The van der Waals surface area contributed by atoms with E-state index in [9.17, 15) is 0 Å². The first-order valence-electron chi connectivity index (χ1n) is 7.21. The molecule has 0 aliphatic carbocycles. The molecule has 2 heterocycles. The molecular formula is C16H21N3. The number of rotatable bonds is 4. The van der Waals surface area contributed by atoms with Crippen LogP contribution in [0.2, 0.25) is 0 Å². The van der Waals surface area contributed by atoms with Gasteiger partial charge in [-0.1, -0.05) is 18.2 Å². The molecule has 19 heavy (non-hydrogen) atoms. The molecule has 1 aliphatic heterocycles. The van der Waals surface area contributed by atoms with Gasteiger partial charge in [-0.05, 0) is 50.4 Å². The molecule has 1 unspecified atom stereocenters. The largest absolute Gasteiger partial charge is 0.354 e. The maximum Gasteiger partial charge on any atom is 0.129 e. The van der Waals surface area contributed by atoms with E-state index in [-0.39, 0.29) is 0 Å². The Kier molecular flexibility index (Phi) is 3.65. The van der Waals surface area contributed by atoms with Gasteiger partial charge in [0.2, 0.25) is 0 Å². The first kappa shape index (κ1) is 12.4. The molecule has 2 aromatic rings. The van der Waals surface area contributed by atoms with E-state index in [1.807, 2.05) is 0 Å². The molecule has 1 fully saturated rings. The maximum absolute atomic E-state index is 5.63. The Morgan fingerprint density at radius 1 is 1.21 bits per heavy atom. The molecule has 100 valence electrons. The highest BCUT2D eigenvalue weighted by molar-refractivity contribution is 5.80. The van der Waals surface area contributed by atoms with E-state index < -0.39 is 0 Å². The lowest BCUT2D eigenvalue weighted by atomic mass is 10.1. The van der Waals surface area contributed by atoms with Crippen molar-refractivity contribution in [2.45, 2.75) is 31.7 Å². The van der Waals surface area contributed by atoms with Gasteiger partial charge in [0.15, 0.2) is 0 Å². The zero-order valence-corrected chi connectivity index (χ0v) is 11.3. The third kappa shape index (κ3) is 2.56. The van der Waals surface area contributed by atoms with E-state index in [2.05, 4.69) is 41.3 Å². The van der Waals surface area contributed by atoms with E-state index in [1.165, 1.54) is 24.6 Å². The number of aromatic nitrogens is 1. The Balaban J connectivity index is 1.86. The molecule has 2 N–H and O–H groups in total. The Morgan fingerprint density at radius 3 is 3.00 bits per heavy atom.